The van der Waals surface area contributed by atoms with Crippen molar-refractivity contribution < 1.29 is 14.6 Å². The highest BCUT2D eigenvalue weighted by Crippen LogP contribution is 2.26. The Balaban J connectivity index is 2.24. The Morgan fingerprint density at radius 3 is 3.00 bits per heavy atom. The van der Waals surface area contributed by atoms with E-state index < -0.39 is 11.9 Å². The normalized spacial score (nSPS) is 20.2. The molecule has 1 heterocycles. The Bertz CT molecular complexity index is 333. The molecule has 1 aliphatic rings. The minimum atomic E-state index is -0.783. The number of hydrogen-bond donors (Lipinski definition) is 1. The largest absolute Gasteiger partial charge is 0.492 e. The lowest BCUT2D eigenvalue weighted by Gasteiger charge is -2.21. The van der Waals surface area contributed by atoms with Crippen LogP contribution in [0.3, 0.4) is 0 Å². The number of ether oxygens (including phenoxy) is 1. The lowest BCUT2D eigenvalue weighted by molar-refractivity contribution is -0.143. The summed E-state index contributed by atoms with van der Waals surface area (Å²) in [4.78, 5) is 10.7. The molecule has 1 unspecified atom stereocenters. The van der Waals surface area contributed by atoms with Gasteiger partial charge in [-0.25, -0.2) is 0 Å². The Morgan fingerprint density at radius 1 is 1.46 bits per heavy atom. The number of rotatable bonds is 1. The smallest absolute Gasteiger partial charge is 0.310 e. The van der Waals surface area contributed by atoms with Crippen LogP contribution in [0.15, 0.2) is 24.3 Å². The molecule has 0 saturated carbocycles. The summed E-state index contributed by atoms with van der Waals surface area (Å²) in [6.45, 7) is 0.284. The first-order chi connectivity index (χ1) is 6.27. The molecule has 3 heteroatoms. The van der Waals surface area contributed by atoms with Gasteiger partial charge in [0.15, 0.2) is 0 Å². The van der Waals surface area contributed by atoms with E-state index in [0.29, 0.717) is 6.42 Å². The van der Waals surface area contributed by atoms with Crippen molar-refractivity contribution in [3.05, 3.63) is 29.8 Å². The number of hydrogen-bond acceptors (Lipinski definition) is 2. The topological polar surface area (TPSA) is 46.5 Å². The van der Waals surface area contributed by atoms with Crippen LogP contribution in [-0.2, 0) is 11.2 Å². The second-order valence-corrected chi connectivity index (χ2v) is 3.16. The van der Waals surface area contributed by atoms with Gasteiger partial charge in [-0.3, -0.25) is 4.79 Å². The molecule has 0 aliphatic carbocycles. The SMILES string of the molecule is O=C(O)C1COc2ccccc2C1. The van der Waals surface area contributed by atoms with E-state index >= 15 is 0 Å². The number of carbonyl (C=O) groups is 1. The summed E-state index contributed by atoms with van der Waals surface area (Å²) in [5.74, 6) is -0.357. The van der Waals surface area contributed by atoms with Gasteiger partial charge in [0.1, 0.15) is 12.4 Å². The summed E-state index contributed by atoms with van der Waals surface area (Å²) < 4.78 is 5.32. The summed E-state index contributed by atoms with van der Waals surface area (Å²) in [5.41, 5.74) is 0.987. The van der Waals surface area contributed by atoms with E-state index in [-0.39, 0.29) is 6.61 Å². The maximum absolute atomic E-state index is 10.7. The van der Waals surface area contributed by atoms with E-state index in [2.05, 4.69) is 0 Å². The van der Waals surface area contributed by atoms with Crippen LogP contribution in [0, 0.1) is 5.92 Å². The lowest BCUT2D eigenvalue weighted by Crippen LogP contribution is -2.27. The molecule has 0 spiro atoms. The number of carboxylic acid groups (broad SMARTS) is 1. The Labute approximate surface area is 76.0 Å². The highest BCUT2D eigenvalue weighted by molar-refractivity contribution is 5.71. The molecule has 2 rings (SSSR count). The van der Waals surface area contributed by atoms with Crippen LogP contribution in [-0.4, -0.2) is 17.7 Å². The molecule has 0 bridgehead atoms. The predicted molar refractivity (Wildman–Crippen MR) is 46.8 cm³/mol. The molecule has 0 aromatic heterocycles. The van der Waals surface area contributed by atoms with Crippen molar-refractivity contribution >= 4 is 5.97 Å². The quantitative estimate of drug-likeness (QED) is 0.705. The van der Waals surface area contributed by atoms with Crippen molar-refractivity contribution in [3.63, 3.8) is 0 Å². The lowest BCUT2D eigenvalue weighted by atomic mass is 9.97. The summed E-state index contributed by atoms with van der Waals surface area (Å²) in [7, 11) is 0. The van der Waals surface area contributed by atoms with Gasteiger partial charge < -0.3 is 9.84 Å². The number of para-hydroxylation sites is 1. The second-order valence-electron chi connectivity index (χ2n) is 3.16. The highest BCUT2D eigenvalue weighted by Gasteiger charge is 2.24. The third kappa shape index (κ3) is 1.49. The van der Waals surface area contributed by atoms with E-state index in [1.807, 2.05) is 24.3 Å². The zero-order chi connectivity index (χ0) is 9.26. The first-order valence-electron chi connectivity index (χ1n) is 4.21. The number of carboxylic acids is 1. The summed E-state index contributed by atoms with van der Waals surface area (Å²) in [6, 6.07) is 7.56. The third-order valence-electron chi connectivity index (χ3n) is 2.23. The van der Waals surface area contributed by atoms with Crippen LogP contribution < -0.4 is 4.74 Å². The van der Waals surface area contributed by atoms with Gasteiger partial charge >= 0.3 is 5.97 Å². The maximum atomic E-state index is 10.7. The van der Waals surface area contributed by atoms with Gasteiger partial charge in [-0.1, -0.05) is 18.2 Å². The molecule has 1 aromatic carbocycles. The molecule has 0 fully saturated rings. The van der Waals surface area contributed by atoms with E-state index in [4.69, 9.17) is 9.84 Å². The molecule has 1 aromatic rings. The van der Waals surface area contributed by atoms with Crippen LogP contribution in [0.2, 0.25) is 0 Å². The zero-order valence-corrected chi connectivity index (χ0v) is 7.06. The van der Waals surface area contributed by atoms with Crippen molar-refractivity contribution in [1.29, 1.82) is 0 Å². The Kier molecular flexibility index (Phi) is 1.93. The number of aliphatic carboxylic acids is 1. The van der Waals surface area contributed by atoms with Gasteiger partial charge in [0.05, 0.1) is 5.92 Å². The Morgan fingerprint density at radius 2 is 2.23 bits per heavy atom. The van der Waals surface area contributed by atoms with Crippen molar-refractivity contribution in [3.8, 4) is 5.75 Å². The highest BCUT2D eigenvalue weighted by atomic mass is 16.5. The molecule has 1 N–H and O–H groups in total. The molecule has 68 valence electrons. The van der Waals surface area contributed by atoms with Crippen LogP contribution in [0.5, 0.6) is 5.75 Å². The predicted octanol–water partition coefficient (Wildman–Crippen LogP) is 1.32. The molecule has 0 saturated heterocycles. The van der Waals surface area contributed by atoms with Gasteiger partial charge in [-0.2, -0.15) is 0 Å². The summed E-state index contributed by atoms with van der Waals surface area (Å²) >= 11 is 0. The van der Waals surface area contributed by atoms with Crippen molar-refractivity contribution in [2.75, 3.05) is 6.61 Å². The van der Waals surface area contributed by atoms with Gasteiger partial charge in [0, 0.05) is 0 Å². The molecule has 13 heavy (non-hydrogen) atoms. The van der Waals surface area contributed by atoms with Crippen LogP contribution in [0.25, 0.3) is 0 Å². The maximum Gasteiger partial charge on any atom is 0.310 e. The first-order valence-corrected chi connectivity index (χ1v) is 4.21. The summed E-state index contributed by atoms with van der Waals surface area (Å²) in [6.07, 6.45) is 0.575. The average molecular weight is 178 g/mol. The van der Waals surface area contributed by atoms with Gasteiger partial charge in [0.25, 0.3) is 0 Å². The Hall–Kier alpha value is -1.51. The first kappa shape index (κ1) is 8.10. The average Bonchev–Trinajstić information content (AvgIpc) is 2.17. The fraction of sp³-hybridized carbons (Fsp3) is 0.300. The molecule has 0 amide bonds. The van der Waals surface area contributed by atoms with E-state index in [0.717, 1.165) is 11.3 Å². The van der Waals surface area contributed by atoms with E-state index in [1.54, 1.807) is 0 Å². The molecular formula is C10H10O3. The third-order valence-corrected chi connectivity index (χ3v) is 2.23. The molecule has 1 atom stereocenters. The van der Waals surface area contributed by atoms with E-state index in [1.165, 1.54) is 0 Å². The standard InChI is InChI=1S/C10H10O3/c11-10(12)8-5-7-3-1-2-4-9(7)13-6-8/h1-4,8H,5-6H2,(H,11,12). The molecule has 0 radical (unpaired) electrons. The monoisotopic (exact) mass is 178 g/mol. The minimum absolute atomic E-state index is 0.284. The van der Waals surface area contributed by atoms with Gasteiger partial charge in [-0.15, -0.1) is 0 Å². The fourth-order valence-electron chi connectivity index (χ4n) is 1.49. The molecule has 1 aliphatic heterocycles. The molecular weight excluding hydrogens is 168 g/mol. The van der Waals surface area contributed by atoms with Crippen molar-refractivity contribution in [1.82, 2.24) is 0 Å². The van der Waals surface area contributed by atoms with Crippen LogP contribution in [0.1, 0.15) is 5.56 Å². The number of fused-ring (bicyclic) bond motifs is 1. The molecule has 3 nitrogen and oxygen atoms in total. The fourth-order valence-corrected chi connectivity index (χ4v) is 1.49. The van der Waals surface area contributed by atoms with Gasteiger partial charge in [0.2, 0.25) is 0 Å². The van der Waals surface area contributed by atoms with Gasteiger partial charge in [-0.05, 0) is 18.1 Å². The van der Waals surface area contributed by atoms with Crippen molar-refractivity contribution in [2.24, 2.45) is 5.92 Å². The second kappa shape index (κ2) is 3.09. The van der Waals surface area contributed by atoms with Crippen LogP contribution >= 0.6 is 0 Å². The van der Waals surface area contributed by atoms with Crippen molar-refractivity contribution in [2.45, 2.75) is 6.42 Å². The van der Waals surface area contributed by atoms with Crippen LogP contribution in [0.4, 0.5) is 0 Å². The minimum Gasteiger partial charge on any atom is -0.492 e. The summed E-state index contributed by atoms with van der Waals surface area (Å²) in [5, 5.41) is 8.78. The zero-order valence-electron chi connectivity index (χ0n) is 7.06. The van der Waals surface area contributed by atoms with E-state index in [9.17, 15) is 4.79 Å². The number of benzene rings is 1.